The molecule has 35 heavy (non-hydrogen) atoms. The Morgan fingerprint density at radius 1 is 1.00 bits per heavy atom. The molecule has 1 unspecified atom stereocenters. The van der Waals surface area contributed by atoms with Crippen LogP contribution in [0.15, 0.2) is 48.5 Å². The summed E-state index contributed by atoms with van der Waals surface area (Å²) in [6.45, 7) is 0. The molecule has 1 aromatic heterocycles. The maximum Gasteiger partial charge on any atom is 0.280 e. The van der Waals surface area contributed by atoms with Gasteiger partial charge in [-0.15, -0.1) is 0 Å². The van der Waals surface area contributed by atoms with Crippen molar-refractivity contribution in [1.82, 2.24) is 9.69 Å². The van der Waals surface area contributed by atoms with Crippen molar-refractivity contribution < 1.29 is 19.1 Å². The van der Waals surface area contributed by atoms with Gasteiger partial charge in [-0.1, -0.05) is 48.2 Å². The zero-order valence-electron chi connectivity index (χ0n) is 19.3. The van der Waals surface area contributed by atoms with Gasteiger partial charge in [0, 0.05) is 11.7 Å². The van der Waals surface area contributed by atoms with Crippen molar-refractivity contribution in [2.45, 2.75) is 37.8 Å². The number of carbonyl (C=O) groups excluding carboxylic acids is 2. The average molecular weight is 534 g/mol. The van der Waals surface area contributed by atoms with E-state index >= 15 is 0 Å². The molecule has 1 atom stereocenters. The van der Waals surface area contributed by atoms with Gasteiger partial charge in [0.1, 0.15) is 26.9 Å². The van der Waals surface area contributed by atoms with E-state index in [0.29, 0.717) is 22.7 Å². The monoisotopic (exact) mass is 533 g/mol. The number of hydrogen-bond acceptors (Lipinski definition) is 6. The van der Waals surface area contributed by atoms with Crippen LogP contribution in [0.3, 0.4) is 0 Å². The molecule has 1 aliphatic rings. The molecule has 2 aromatic carbocycles. The van der Waals surface area contributed by atoms with Gasteiger partial charge in [0.2, 0.25) is 5.91 Å². The molecule has 0 spiro atoms. The van der Waals surface area contributed by atoms with Crippen LogP contribution in [0, 0.1) is 0 Å². The number of methoxy groups -OCH3 is 2. The van der Waals surface area contributed by atoms with E-state index in [0.717, 1.165) is 37.2 Å². The van der Waals surface area contributed by atoms with Gasteiger partial charge in [-0.05, 0) is 66.3 Å². The number of nitrogens with one attached hydrogen (secondary N) is 1. The topological polar surface area (TPSA) is 80.8 Å². The first-order chi connectivity index (χ1) is 16.9. The number of halogens is 2. The first kappa shape index (κ1) is 25.3. The van der Waals surface area contributed by atoms with E-state index in [2.05, 4.69) is 9.69 Å². The Morgan fingerprint density at radius 2 is 1.57 bits per heavy atom. The highest BCUT2D eigenvalue weighted by Gasteiger charge is 2.37. The Bertz CT molecular complexity index is 1180. The minimum Gasteiger partial charge on any atom is -0.497 e. The van der Waals surface area contributed by atoms with Crippen molar-refractivity contribution in [2.75, 3.05) is 19.1 Å². The minimum absolute atomic E-state index is 0.00957. The molecule has 184 valence electrons. The molecule has 3 aromatic rings. The summed E-state index contributed by atoms with van der Waals surface area (Å²) < 4.78 is 14.9. The van der Waals surface area contributed by atoms with Crippen LogP contribution in [0.25, 0.3) is 0 Å². The van der Waals surface area contributed by atoms with Gasteiger partial charge in [-0.3, -0.25) is 14.5 Å². The third-order valence-corrected chi connectivity index (χ3v) is 7.62. The molecule has 1 heterocycles. The van der Waals surface area contributed by atoms with Crippen LogP contribution in [0.4, 0.5) is 5.69 Å². The molecule has 2 amide bonds. The maximum atomic E-state index is 13.9. The van der Waals surface area contributed by atoms with Crippen molar-refractivity contribution in [3.05, 3.63) is 69.1 Å². The molecule has 1 aliphatic carbocycles. The van der Waals surface area contributed by atoms with Crippen molar-refractivity contribution in [2.24, 2.45) is 0 Å². The van der Waals surface area contributed by atoms with Gasteiger partial charge in [0.15, 0.2) is 5.69 Å². The summed E-state index contributed by atoms with van der Waals surface area (Å²) in [5, 5.41) is 3.20. The largest absolute Gasteiger partial charge is 0.497 e. The highest BCUT2D eigenvalue weighted by Crippen LogP contribution is 2.36. The second-order valence-corrected chi connectivity index (χ2v) is 9.91. The fourth-order valence-corrected chi connectivity index (χ4v) is 5.17. The number of ether oxygens (including phenoxy) is 2. The van der Waals surface area contributed by atoms with Crippen LogP contribution in [0.2, 0.25) is 9.36 Å². The maximum absolute atomic E-state index is 13.9. The summed E-state index contributed by atoms with van der Waals surface area (Å²) in [7, 11) is 3.13. The number of amides is 2. The van der Waals surface area contributed by atoms with Gasteiger partial charge >= 0.3 is 0 Å². The quantitative estimate of drug-likeness (QED) is 0.389. The van der Waals surface area contributed by atoms with E-state index in [9.17, 15) is 9.59 Å². The first-order valence-corrected chi connectivity index (χ1v) is 12.7. The molecular weight excluding hydrogens is 509 g/mol. The van der Waals surface area contributed by atoms with Gasteiger partial charge in [0.05, 0.1) is 14.2 Å². The van der Waals surface area contributed by atoms with Crippen molar-refractivity contribution in [3.63, 3.8) is 0 Å². The van der Waals surface area contributed by atoms with Gasteiger partial charge in [-0.25, -0.2) is 0 Å². The predicted molar refractivity (Wildman–Crippen MR) is 138 cm³/mol. The predicted octanol–water partition coefficient (Wildman–Crippen LogP) is 5.91. The number of carbonyl (C=O) groups is 2. The Hall–Kier alpha value is -2.81. The smallest absolute Gasteiger partial charge is 0.280 e. The molecule has 10 heteroatoms. The third kappa shape index (κ3) is 5.55. The van der Waals surface area contributed by atoms with Crippen LogP contribution in [-0.2, 0) is 4.79 Å². The van der Waals surface area contributed by atoms with Gasteiger partial charge in [-0.2, -0.15) is 4.37 Å². The highest BCUT2D eigenvalue weighted by molar-refractivity contribution is 7.11. The number of hydrogen-bond donors (Lipinski definition) is 1. The van der Waals surface area contributed by atoms with E-state index in [-0.39, 0.29) is 27.0 Å². The molecule has 1 saturated carbocycles. The molecule has 0 aliphatic heterocycles. The summed E-state index contributed by atoms with van der Waals surface area (Å²) in [5.74, 6) is 0.432. The fraction of sp³-hybridized carbons (Fsp3) is 0.320. The lowest BCUT2D eigenvalue weighted by atomic mass is 10.0. The first-order valence-electron chi connectivity index (χ1n) is 11.2. The molecule has 1 N–H and O–H groups in total. The molecular formula is C25H25Cl2N3O4S. The SMILES string of the molecule is COc1ccc(C(C(=O)NC2CCCC2)N(C(=O)c2nsc(Cl)c2Cl)c2ccc(OC)cc2)cc1. The highest BCUT2D eigenvalue weighted by atomic mass is 35.5. The van der Waals surface area contributed by atoms with Crippen molar-refractivity contribution in [1.29, 1.82) is 0 Å². The van der Waals surface area contributed by atoms with Crippen LogP contribution in [-0.4, -0.2) is 36.4 Å². The van der Waals surface area contributed by atoms with Gasteiger partial charge in [0.25, 0.3) is 5.91 Å². The number of anilines is 1. The fourth-order valence-electron chi connectivity index (χ4n) is 4.19. The Balaban J connectivity index is 1.83. The van der Waals surface area contributed by atoms with Crippen LogP contribution >= 0.6 is 34.7 Å². The Kier molecular flexibility index (Phi) is 8.15. The molecule has 1 fully saturated rings. The number of nitrogens with zero attached hydrogens (tertiary/aromatic N) is 2. The normalized spacial score (nSPS) is 14.4. The summed E-state index contributed by atoms with van der Waals surface area (Å²) in [4.78, 5) is 29.1. The summed E-state index contributed by atoms with van der Waals surface area (Å²) in [6, 6.07) is 13.0. The second-order valence-electron chi connectivity index (χ2n) is 8.16. The zero-order valence-corrected chi connectivity index (χ0v) is 21.6. The Labute approximate surface area is 218 Å². The summed E-state index contributed by atoms with van der Waals surface area (Å²) >= 11 is 13.4. The summed E-state index contributed by atoms with van der Waals surface area (Å²) in [6.07, 6.45) is 3.94. The molecule has 0 bridgehead atoms. The number of rotatable bonds is 8. The van der Waals surface area contributed by atoms with E-state index in [1.54, 1.807) is 62.8 Å². The molecule has 0 radical (unpaired) electrons. The minimum atomic E-state index is -0.987. The van der Waals surface area contributed by atoms with E-state index in [4.69, 9.17) is 32.7 Å². The Morgan fingerprint density at radius 3 is 2.09 bits per heavy atom. The van der Waals surface area contributed by atoms with E-state index in [1.807, 2.05) is 0 Å². The summed E-state index contributed by atoms with van der Waals surface area (Å²) in [5.41, 5.74) is 1.09. The zero-order chi connectivity index (χ0) is 24.9. The lowest BCUT2D eigenvalue weighted by molar-refractivity contribution is -0.123. The standard InChI is InChI=1S/C25H25Cl2N3O4S/c1-33-18-11-7-15(8-12-18)22(24(31)28-16-5-3-4-6-16)30(17-9-13-19(34-2)14-10-17)25(32)21-20(26)23(27)35-29-21/h7-14,16,22H,3-6H2,1-2H3,(H,28,31). The van der Waals surface area contributed by atoms with Crippen LogP contribution in [0.5, 0.6) is 11.5 Å². The van der Waals surface area contributed by atoms with Crippen LogP contribution in [0.1, 0.15) is 47.8 Å². The molecule has 4 rings (SSSR count). The molecule has 0 saturated heterocycles. The van der Waals surface area contributed by atoms with Crippen molar-refractivity contribution in [3.8, 4) is 11.5 Å². The van der Waals surface area contributed by atoms with E-state index < -0.39 is 11.9 Å². The number of benzene rings is 2. The van der Waals surface area contributed by atoms with Gasteiger partial charge < -0.3 is 14.8 Å². The lowest BCUT2D eigenvalue weighted by Crippen LogP contribution is -2.46. The van der Waals surface area contributed by atoms with Crippen molar-refractivity contribution >= 4 is 52.2 Å². The lowest BCUT2D eigenvalue weighted by Gasteiger charge is -2.32. The number of aromatic nitrogens is 1. The van der Waals surface area contributed by atoms with E-state index in [1.165, 1.54) is 4.90 Å². The van der Waals surface area contributed by atoms with Crippen LogP contribution < -0.4 is 19.7 Å². The third-order valence-electron chi connectivity index (χ3n) is 6.01. The average Bonchev–Trinajstić information content (AvgIpc) is 3.51. The second kappa shape index (κ2) is 11.3. The molecule has 7 nitrogen and oxygen atoms in total.